The SMILES string of the molecule is O=P([O-])([O-])[O-].[Ag+].[Ca+2].[Ca+2].[Ca+2]. The fourth-order valence-corrected chi connectivity index (χ4v) is 0. The van der Waals surface area contributed by atoms with E-state index in [2.05, 4.69) is 0 Å². The van der Waals surface area contributed by atoms with Gasteiger partial charge in [0.25, 0.3) is 0 Å². The maximum Gasteiger partial charge on any atom is 2.00 e. The van der Waals surface area contributed by atoms with Crippen LogP contribution in [0.15, 0.2) is 0 Å². The van der Waals surface area contributed by atoms with Crippen molar-refractivity contribution in [1.82, 2.24) is 0 Å². The minimum Gasteiger partial charge on any atom is -0.822 e. The standard InChI is InChI=1S/Ag.3Ca.H3O4P/c;;;;1-5(2,3)4/h;;;;(H3,1,2,3,4)/q+1;3*+2;/p-3. The van der Waals surface area contributed by atoms with E-state index in [0.717, 1.165) is 0 Å². The molecule has 0 spiro atoms. The molecule has 0 N–H and O–H groups in total. The fourth-order valence-electron chi connectivity index (χ4n) is 0. The molecule has 0 aromatic rings. The van der Waals surface area contributed by atoms with Crippen LogP contribution in [0, 0.1) is 0 Å². The largest absolute Gasteiger partial charge is 2.00 e. The van der Waals surface area contributed by atoms with Crippen molar-refractivity contribution >= 4 is 121 Å². The first-order valence-corrected chi connectivity index (χ1v) is 2.19. The van der Waals surface area contributed by atoms with Gasteiger partial charge >= 0.3 is 136 Å². The van der Waals surface area contributed by atoms with E-state index >= 15 is 0 Å². The summed E-state index contributed by atoms with van der Waals surface area (Å²) in [6.45, 7) is 0. The quantitative estimate of drug-likeness (QED) is 0.336. The van der Waals surface area contributed by atoms with Gasteiger partial charge in [-0.1, -0.05) is 0 Å². The van der Waals surface area contributed by atoms with Crippen molar-refractivity contribution in [1.29, 1.82) is 0 Å². The Morgan fingerprint density at radius 3 is 0.889 bits per heavy atom. The summed E-state index contributed by atoms with van der Waals surface area (Å²) in [4.78, 5) is 25.6. The molecule has 0 heterocycles. The predicted octanol–water partition coefficient (Wildman–Crippen LogP) is -3.97. The summed E-state index contributed by atoms with van der Waals surface area (Å²) in [6.07, 6.45) is 0. The molecular formula is AgCa3O4P+4. The molecule has 0 saturated carbocycles. The van der Waals surface area contributed by atoms with E-state index < -0.39 is 7.82 Å². The summed E-state index contributed by atoms with van der Waals surface area (Å²) in [6, 6.07) is 0. The van der Waals surface area contributed by atoms with Gasteiger partial charge in [-0.2, -0.15) is 7.82 Å². The third-order valence-electron chi connectivity index (χ3n) is 0. The van der Waals surface area contributed by atoms with Gasteiger partial charge in [-0.15, -0.1) is 0 Å². The molecule has 0 aromatic heterocycles. The second-order valence-electron chi connectivity index (χ2n) is 0.447. The Hall–Kier alpha value is 4.63. The summed E-state index contributed by atoms with van der Waals surface area (Å²) in [5, 5.41) is 0. The van der Waals surface area contributed by atoms with Crippen molar-refractivity contribution in [3.63, 3.8) is 0 Å². The van der Waals surface area contributed by atoms with Gasteiger partial charge in [-0.25, -0.2) is 0 Å². The second kappa shape index (κ2) is 15.1. The van der Waals surface area contributed by atoms with Gasteiger partial charge in [-0.05, 0) is 0 Å². The molecule has 0 saturated heterocycles. The fraction of sp³-hybridized carbons (Fsp3) is 0. The molecule has 9 heavy (non-hydrogen) atoms. The normalized spacial score (nSPS) is 6.56. The van der Waals surface area contributed by atoms with Gasteiger partial charge in [0.05, 0.1) is 0 Å². The van der Waals surface area contributed by atoms with Gasteiger partial charge < -0.3 is 19.2 Å². The Kier molecular flexibility index (Phi) is 49.0. The van der Waals surface area contributed by atoms with Crippen LogP contribution in [-0.2, 0) is 26.9 Å². The molecule has 0 radical (unpaired) electrons. The average Bonchev–Trinajstić information content (AvgIpc) is 0.722. The Morgan fingerprint density at radius 2 is 0.889 bits per heavy atom. The van der Waals surface area contributed by atoms with Crippen LogP contribution in [-0.4, -0.2) is 113 Å². The van der Waals surface area contributed by atoms with Gasteiger partial charge in [0.2, 0.25) is 0 Å². The Labute approximate surface area is 158 Å². The van der Waals surface area contributed by atoms with E-state index in [-0.39, 0.29) is 136 Å². The third kappa shape index (κ3) is 66.6. The van der Waals surface area contributed by atoms with Crippen LogP contribution in [0.5, 0.6) is 0 Å². The zero-order valence-electron chi connectivity index (χ0n) is 4.50. The Morgan fingerprint density at radius 1 is 0.889 bits per heavy atom. The molecule has 0 fully saturated rings. The monoisotopic (exact) mass is 322 g/mol. The molecule has 9 heteroatoms. The van der Waals surface area contributed by atoms with Crippen LogP contribution in [0.25, 0.3) is 0 Å². The summed E-state index contributed by atoms with van der Waals surface area (Å²) < 4.78 is 8.55. The number of hydrogen-bond donors (Lipinski definition) is 0. The molecule has 0 aliphatic carbocycles. The van der Waals surface area contributed by atoms with Crippen LogP contribution in [0.1, 0.15) is 0 Å². The summed E-state index contributed by atoms with van der Waals surface area (Å²) >= 11 is 0. The van der Waals surface area contributed by atoms with Crippen molar-refractivity contribution in [3.05, 3.63) is 0 Å². The summed E-state index contributed by atoms with van der Waals surface area (Å²) in [7, 11) is -5.39. The predicted molar refractivity (Wildman–Crippen MR) is 24.9 cm³/mol. The van der Waals surface area contributed by atoms with Crippen molar-refractivity contribution in [2.24, 2.45) is 0 Å². The van der Waals surface area contributed by atoms with Crippen molar-refractivity contribution in [3.8, 4) is 0 Å². The van der Waals surface area contributed by atoms with Crippen LogP contribution in [0.3, 0.4) is 0 Å². The molecule has 0 amide bonds. The van der Waals surface area contributed by atoms with Gasteiger partial charge in [0.15, 0.2) is 0 Å². The molecule has 42 valence electrons. The van der Waals surface area contributed by atoms with E-state index in [0.29, 0.717) is 0 Å². The molecule has 0 aliphatic rings. The zero-order chi connectivity index (χ0) is 4.50. The molecule has 0 aliphatic heterocycles. The van der Waals surface area contributed by atoms with Gasteiger partial charge in [0, 0.05) is 0 Å². The molecular weight excluding hydrogens is 323 g/mol. The Balaban J connectivity index is -0.0000000133. The minimum atomic E-state index is -5.39. The van der Waals surface area contributed by atoms with Crippen LogP contribution >= 0.6 is 7.82 Å². The summed E-state index contributed by atoms with van der Waals surface area (Å²) in [5.74, 6) is 0. The van der Waals surface area contributed by atoms with E-state index in [1.165, 1.54) is 0 Å². The van der Waals surface area contributed by atoms with Crippen molar-refractivity contribution in [2.45, 2.75) is 0 Å². The number of phosphoric acid groups is 1. The van der Waals surface area contributed by atoms with Gasteiger partial charge in [0.1, 0.15) is 0 Å². The number of hydrogen-bond acceptors (Lipinski definition) is 4. The molecule has 4 nitrogen and oxygen atoms in total. The maximum absolute atomic E-state index is 8.55. The van der Waals surface area contributed by atoms with E-state index in [4.69, 9.17) is 19.2 Å². The molecule has 0 unspecified atom stereocenters. The van der Waals surface area contributed by atoms with Crippen LogP contribution in [0.2, 0.25) is 0 Å². The first kappa shape index (κ1) is 29.2. The average molecular weight is 323 g/mol. The molecule has 0 rings (SSSR count). The smallest absolute Gasteiger partial charge is 0.822 e. The Bertz CT molecular complexity index is 61.9. The van der Waals surface area contributed by atoms with E-state index in [1.54, 1.807) is 0 Å². The first-order chi connectivity index (χ1) is 2.00. The van der Waals surface area contributed by atoms with Crippen molar-refractivity contribution < 1.29 is 41.6 Å². The second-order valence-corrected chi connectivity index (χ2v) is 1.34. The molecule has 0 bridgehead atoms. The van der Waals surface area contributed by atoms with Crippen LogP contribution in [0.4, 0.5) is 0 Å². The van der Waals surface area contributed by atoms with Crippen molar-refractivity contribution in [2.75, 3.05) is 0 Å². The summed E-state index contributed by atoms with van der Waals surface area (Å²) in [5.41, 5.74) is 0. The van der Waals surface area contributed by atoms with E-state index in [9.17, 15) is 0 Å². The van der Waals surface area contributed by atoms with Gasteiger partial charge in [-0.3, -0.25) is 0 Å². The topological polar surface area (TPSA) is 86.2 Å². The zero-order valence-corrected chi connectivity index (χ0v) is 13.5. The molecule has 0 atom stereocenters. The number of rotatable bonds is 0. The molecule has 0 aromatic carbocycles. The van der Waals surface area contributed by atoms with Crippen LogP contribution < -0.4 is 14.7 Å². The first-order valence-electron chi connectivity index (χ1n) is 0.730. The third-order valence-corrected chi connectivity index (χ3v) is 0. The minimum absolute atomic E-state index is 0. The van der Waals surface area contributed by atoms with E-state index in [1.807, 2.05) is 0 Å². The maximum atomic E-state index is 8.55.